The van der Waals surface area contributed by atoms with Crippen molar-refractivity contribution in [2.24, 2.45) is 0 Å². The Morgan fingerprint density at radius 3 is 1.57 bits per heavy atom. The van der Waals surface area contributed by atoms with Gasteiger partial charge in [0.25, 0.3) is 0 Å². The Bertz CT molecular complexity index is 1840. The predicted molar refractivity (Wildman–Crippen MR) is 141 cm³/mol. The molecular formula is C25H20F6O6S2Si. The van der Waals surface area contributed by atoms with E-state index >= 15 is 0 Å². The van der Waals surface area contributed by atoms with E-state index in [0.717, 1.165) is 12.1 Å². The van der Waals surface area contributed by atoms with Gasteiger partial charge in [-0.15, -0.1) is 0 Å². The maximum atomic E-state index is 13.5. The lowest BCUT2D eigenvalue weighted by molar-refractivity contribution is -0.0505. The number of hydrogen-bond donors (Lipinski definition) is 0. The van der Waals surface area contributed by atoms with Crippen LogP contribution in [0.15, 0.2) is 66.7 Å². The lowest BCUT2D eigenvalue weighted by Crippen LogP contribution is -2.38. The number of alkyl halides is 6. The molecule has 0 N–H and O–H groups in total. The maximum Gasteiger partial charge on any atom is 0.534 e. The summed E-state index contributed by atoms with van der Waals surface area (Å²) in [6, 6.07) is 15.3. The van der Waals surface area contributed by atoms with Crippen LogP contribution in [0.1, 0.15) is 0 Å². The third-order valence-electron chi connectivity index (χ3n) is 5.92. The summed E-state index contributed by atoms with van der Waals surface area (Å²) >= 11 is 0. The molecule has 0 unspecified atom stereocenters. The molecule has 214 valence electrons. The van der Waals surface area contributed by atoms with E-state index in [1.54, 1.807) is 18.2 Å². The van der Waals surface area contributed by atoms with Crippen LogP contribution in [-0.2, 0) is 20.2 Å². The molecule has 0 radical (unpaired) electrons. The highest BCUT2D eigenvalue weighted by atomic mass is 32.2. The molecule has 4 rings (SSSR count). The highest BCUT2D eigenvalue weighted by molar-refractivity contribution is 7.88. The number of benzene rings is 4. The summed E-state index contributed by atoms with van der Waals surface area (Å²) in [5.41, 5.74) is -12.5. The number of hydrogen-bond acceptors (Lipinski definition) is 6. The lowest BCUT2D eigenvalue weighted by atomic mass is 9.92. The van der Waals surface area contributed by atoms with Gasteiger partial charge in [-0.25, -0.2) is 0 Å². The number of rotatable bonds is 6. The van der Waals surface area contributed by atoms with Crippen LogP contribution >= 0.6 is 0 Å². The van der Waals surface area contributed by atoms with Crippen molar-refractivity contribution in [2.45, 2.75) is 30.7 Å². The maximum absolute atomic E-state index is 13.5. The second kappa shape index (κ2) is 9.66. The van der Waals surface area contributed by atoms with Gasteiger partial charge in [0.15, 0.2) is 11.5 Å². The van der Waals surface area contributed by atoms with Gasteiger partial charge < -0.3 is 8.37 Å². The third-order valence-corrected chi connectivity index (χ3v) is 9.88. The summed E-state index contributed by atoms with van der Waals surface area (Å²) in [5.74, 6) is -1.74. The Morgan fingerprint density at radius 2 is 1.05 bits per heavy atom. The van der Waals surface area contributed by atoms with Crippen LogP contribution in [0.5, 0.6) is 11.5 Å². The van der Waals surface area contributed by atoms with Crippen LogP contribution in [0, 0.1) is 0 Å². The Hall–Kier alpha value is -3.30. The molecule has 0 saturated heterocycles. The van der Waals surface area contributed by atoms with E-state index < -0.39 is 62.0 Å². The average Bonchev–Trinajstić information content (AvgIpc) is 2.81. The van der Waals surface area contributed by atoms with Crippen molar-refractivity contribution in [2.75, 3.05) is 0 Å². The zero-order valence-corrected chi connectivity index (χ0v) is 23.5. The molecule has 15 heteroatoms. The molecule has 4 aromatic carbocycles. The highest BCUT2D eigenvalue weighted by Crippen LogP contribution is 2.47. The Morgan fingerprint density at radius 1 is 0.600 bits per heavy atom. The van der Waals surface area contributed by atoms with E-state index in [0.29, 0.717) is 16.0 Å². The zero-order chi connectivity index (χ0) is 29.9. The fourth-order valence-corrected chi connectivity index (χ4v) is 6.73. The summed E-state index contributed by atoms with van der Waals surface area (Å²) < 4.78 is 138. The van der Waals surface area contributed by atoms with Crippen LogP contribution in [-0.4, -0.2) is 35.9 Å². The predicted octanol–water partition coefficient (Wildman–Crippen LogP) is 6.66. The molecule has 0 aliphatic rings. The van der Waals surface area contributed by atoms with Gasteiger partial charge in [0.2, 0.25) is 0 Å². The SMILES string of the molecule is C[Si](C)(C)c1cc(OS(=O)(=O)C(F)(F)F)c(-c2c(OS(=O)(=O)C(F)(F)F)ccc3ccccc23)c2ccccc12. The minimum absolute atomic E-state index is 0.0672. The number of fused-ring (bicyclic) bond motifs is 2. The lowest BCUT2D eigenvalue weighted by Gasteiger charge is -2.25. The van der Waals surface area contributed by atoms with E-state index in [4.69, 9.17) is 0 Å². The topological polar surface area (TPSA) is 86.7 Å². The highest BCUT2D eigenvalue weighted by Gasteiger charge is 2.50. The molecule has 0 atom stereocenters. The van der Waals surface area contributed by atoms with Crippen molar-refractivity contribution in [1.29, 1.82) is 0 Å². The fourth-order valence-electron chi connectivity index (χ4n) is 4.20. The standard InChI is InChI=1S/C25H20F6O6S2Si/c1-40(2,3)21-14-20(37-39(34,35)25(29,30)31)23(18-11-7-6-10-17(18)21)22-16-9-5-4-8-15(16)12-13-19(22)36-38(32,33)24(26,27)28/h4-14H,1-3H3. The molecule has 0 spiro atoms. The Labute approximate surface area is 226 Å². The van der Waals surface area contributed by atoms with Gasteiger partial charge in [-0.05, 0) is 38.9 Å². The first-order valence-corrected chi connectivity index (χ1v) is 17.7. The van der Waals surface area contributed by atoms with Crippen LogP contribution in [0.25, 0.3) is 32.7 Å². The third kappa shape index (κ3) is 5.36. The molecule has 6 nitrogen and oxygen atoms in total. The molecule has 0 fully saturated rings. The normalized spacial score (nSPS) is 13.5. The molecule has 40 heavy (non-hydrogen) atoms. The van der Waals surface area contributed by atoms with E-state index in [-0.39, 0.29) is 10.8 Å². The van der Waals surface area contributed by atoms with Crippen molar-refractivity contribution in [3.05, 3.63) is 66.7 Å². The van der Waals surface area contributed by atoms with Crippen molar-refractivity contribution < 1.29 is 51.5 Å². The van der Waals surface area contributed by atoms with E-state index in [1.165, 1.54) is 36.4 Å². The van der Waals surface area contributed by atoms with Crippen LogP contribution in [0.2, 0.25) is 19.6 Å². The second-order valence-electron chi connectivity index (χ2n) is 9.72. The number of halogens is 6. The van der Waals surface area contributed by atoms with E-state index in [1.807, 2.05) is 19.6 Å². The van der Waals surface area contributed by atoms with Crippen molar-refractivity contribution in [3.8, 4) is 22.6 Å². The van der Waals surface area contributed by atoms with Gasteiger partial charge in [-0.3, -0.25) is 0 Å². The summed E-state index contributed by atoms with van der Waals surface area (Å²) in [7, 11) is -14.9. The zero-order valence-electron chi connectivity index (χ0n) is 20.9. The summed E-state index contributed by atoms with van der Waals surface area (Å²) in [5, 5.41) is 1.48. The van der Waals surface area contributed by atoms with Gasteiger partial charge in [-0.1, -0.05) is 74.2 Å². The Balaban J connectivity index is 2.23. The van der Waals surface area contributed by atoms with Crippen LogP contribution in [0.3, 0.4) is 0 Å². The minimum atomic E-state index is -6.26. The summed E-state index contributed by atoms with van der Waals surface area (Å²) in [6.45, 7) is 5.54. The molecule has 0 saturated carbocycles. The molecule has 0 amide bonds. The van der Waals surface area contributed by atoms with Crippen LogP contribution in [0.4, 0.5) is 26.3 Å². The molecular weight excluding hydrogens is 602 g/mol. The molecule has 0 heterocycles. The first kappa shape index (κ1) is 29.7. The quantitative estimate of drug-likeness (QED) is 0.103. The second-order valence-corrected chi connectivity index (χ2v) is 17.8. The molecule has 0 aliphatic heterocycles. The van der Waals surface area contributed by atoms with Gasteiger partial charge >= 0.3 is 31.3 Å². The smallest absolute Gasteiger partial charge is 0.375 e. The largest absolute Gasteiger partial charge is 0.534 e. The van der Waals surface area contributed by atoms with Gasteiger partial charge in [0.1, 0.15) is 0 Å². The van der Waals surface area contributed by atoms with Crippen LogP contribution < -0.4 is 13.6 Å². The van der Waals surface area contributed by atoms with Gasteiger partial charge in [0, 0.05) is 11.1 Å². The first-order valence-electron chi connectivity index (χ1n) is 11.3. The van der Waals surface area contributed by atoms with E-state index in [2.05, 4.69) is 8.37 Å². The minimum Gasteiger partial charge on any atom is -0.375 e. The monoisotopic (exact) mass is 622 g/mol. The van der Waals surface area contributed by atoms with Crippen molar-refractivity contribution in [3.63, 3.8) is 0 Å². The van der Waals surface area contributed by atoms with Gasteiger partial charge in [0.05, 0.1) is 8.07 Å². The molecule has 0 aromatic heterocycles. The Kier molecular flexibility index (Phi) is 7.17. The molecule has 0 bridgehead atoms. The fraction of sp³-hybridized carbons (Fsp3) is 0.200. The first-order chi connectivity index (χ1) is 18.2. The summed E-state index contributed by atoms with van der Waals surface area (Å²) in [4.78, 5) is 0. The molecule has 4 aromatic rings. The van der Waals surface area contributed by atoms with E-state index in [9.17, 15) is 43.2 Å². The van der Waals surface area contributed by atoms with Crippen molar-refractivity contribution >= 4 is 55.0 Å². The summed E-state index contributed by atoms with van der Waals surface area (Å²) in [6.07, 6.45) is 0. The van der Waals surface area contributed by atoms with Crippen molar-refractivity contribution in [1.82, 2.24) is 0 Å². The molecule has 0 aliphatic carbocycles. The average molecular weight is 623 g/mol. The van der Waals surface area contributed by atoms with Gasteiger partial charge in [-0.2, -0.15) is 43.2 Å².